The molecule has 0 radical (unpaired) electrons. The Balaban J connectivity index is 0.000000216. The first-order valence-electron chi connectivity index (χ1n) is 24.1. The quantitative estimate of drug-likeness (QED) is 0.283. The summed E-state index contributed by atoms with van der Waals surface area (Å²) < 4.78 is 149. The van der Waals surface area contributed by atoms with Crippen molar-refractivity contribution in [2.24, 2.45) is 11.8 Å². The van der Waals surface area contributed by atoms with Gasteiger partial charge in [0.1, 0.15) is 11.1 Å². The molecule has 8 rings (SSSR count). The molecule has 4 aliphatic carbocycles. The van der Waals surface area contributed by atoms with Gasteiger partial charge in [0.15, 0.2) is 19.7 Å². The van der Waals surface area contributed by atoms with E-state index in [2.05, 4.69) is 10.6 Å². The van der Waals surface area contributed by atoms with Crippen LogP contribution in [0.2, 0.25) is 0 Å². The van der Waals surface area contributed by atoms with Crippen molar-refractivity contribution < 1.29 is 71.8 Å². The van der Waals surface area contributed by atoms with Crippen LogP contribution in [-0.2, 0) is 60.7 Å². The first-order chi connectivity index (χ1) is 34.6. The number of sulfone groups is 2. The molecule has 0 spiro atoms. The summed E-state index contributed by atoms with van der Waals surface area (Å²) in [5, 5.41) is 21.3. The van der Waals surface area contributed by atoms with E-state index >= 15 is 0 Å². The first kappa shape index (κ1) is 56.0. The summed E-state index contributed by atoms with van der Waals surface area (Å²) in [4.78, 5) is 53.6. The predicted octanol–water partition coefficient (Wildman–Crippen LogP) is 4.23. The highest BCUT2D eigenvalue weighted by Crippen LogP contribution is 2.45. The summed E-state index contributed by atoms with van der Waals surface area (Å²) in [6.45, 7) is 5.56. The van der Waals surface area contributed by atoms with E-state index < -0.39 is 110 Å². The number of hydrogen-bond acceptors (Lipinski definition) is 14. The van der Waals surface area contributed by atoms with Gasteiger partial charge in [-0.3, -0.25) is 19.2 Å². The minimum atomic E-state index is -4.93. The monoisotopic (exact) mass is 1080 g/mol. The second kappa shape index (κ2) is 21.1. The second-order valence-electron chi connectivity index (χ2n) is 19.7. The van der Waals surface area contributed by atoms with Gasteiger partial charge in [-0.1, -0.05) is 0 Å². The van der Waals surface area contributed by atoms with Gasteiger partial charge in [-0.2, -0.15) is 36.9 Å². The van der Waals surface area contributed by atoms with Crippen molar-refractivity contribution in [2.45, 2.75) is 121 Å². The number of ether oxygens (including phenoxy) is 2. The van der Waals surface area contributed by atoms with E-state index in [1.165, 1.54) is 40.2 Å². The van der Waals surface area contributed by atoms with Gasteiger partial charge in [0.05, 0.1) is 67.6 Å². The normalized spacial score (nSPS) is 25.5. The van der Waals surface area contributed by atoms with E-state index in [0.29, 0.717) is 78.0 Å². The fraction of sp³-hybridized carbons (Fsp3) is 0.625. The number of nitrogens with zero attached hydrogens (tertiary/aromatic N) is 6. The molecule has 18 nitrogen and oxygen atoms in total. The van der Waals surface area contributed by atoms with Crippen LogP contribution in [-0.4, -0.2) is 151 Å². The highest BCUT2D eigenvalue weighted by molar-refractivity contribution is 7.92. The van der Waals surface area contributed by atoms with Gasteiger partial charge in [0.25, 0.3) is 0 Å². The van der Waals surface area contributed by atoms with Gasteiger partial charge in [-0.15, -0.1) is 0 Å². The molecule has 6 aliphatic rings. The smallest absolute Gasteiger partial charge is 0.381 e. The number of rotatable bonds is 12. The molecule has 26 heteroatoms. The van der Waals surface area contributed by atoms with Crippen LogP contribution in [0, 0.1) is 34.5 Å². The van der Waals surface area contributed by atoms with E-state index in [1.807, 2.05) is 12.1 Å². The molecule has 2 heterocycles. The van der Waals surface area contributed by atoms with Gasteiger partial charge in [0, 0.05) is 91.8 Å². The minimum Gasteiger partial charge on any atom is -0.381 e. The van der Waals surface area contributed by atoms with Crippen LogP contribution in [0.25, 0.3) is 0 Å². The van der Waals surface area contributed by atoms with Crippen LogP contribution in [0.3, 0.4) is 0 Å². The molecular formula is C48H58F6N8O10S2. The van der Waals surface area contributed by atoms with E-state index in [-0.39, 0.29) is 48.9 Å². The maximum absolute atomic E-state index is 14.1. The lowest BCUT2D eigenvalue weighted by Gasteiger charge is -2.36. The molecule has 2 N–H and O–H groups in total. The molecule has 2 aliphatic heterocycles. The van der Waals surface area contributed by atoms with Crippen molar-refractivity contribution in [1.82, 2.24) is 20.4 Å². The minimum absolute atomic E-state index is 0.116. The highest BCUT2D eigenvalue weighted by Gasteiger charge is 2.53. The summed E-state index contributed by atoms with van der Waals surface area (Å²) in [5.41, 5.74) is -3.99. The number of alkyl halides is 6. The van der Waals surface area contributed by atoms with E-state index in [4.69, 9.17) is 9.47 Å². The van der Waals surface area contributed by atoms with Crippen LogP contribution in [0.1, 0.15) is 76.3 Å². The second-order valence-corrected chi connectivity index (χ2v) is 24.1. The molecule has 2 aromatic rings. The number of nitrogens with one attached hydrogen (secondary N) is 2. The average Bonchev–Trinajstić information content (AvgIpc) is 4.21. The van der Waals surface area contributed by atoms with Crippen LogP contribution in [0.4, 0.5) is 37.7 Å². The Morgan fingerprint density at radius 2 is 0.905 bits per heavy atom. The molecule has 0 bridgehead atoms. The number of anilines is 2. The van der Waals surface area contributed by atoms with Crippen molar-refractivity contribution in [3.8, 4) is 12.1 Å². The average molecular weight is 1090 g/mol. The number of carbonyl (C=O) groups excluding carboxylic acids is 4. The molecule has 6 atom stereocenters. The van der Waals surface area contributed by atoms with Crippen molar-refractivity contribution in [2.75, 3.05) is 76.4 Å². The fourth-order valence-corrected chi connectivity index (χ4v) is 14.2. The van der Waals surface area contributed by atoms with Crippen LogP contribution in [0.15, 0.2) is 46.2 Å². The zero-order valence-corrected chi connectivity index (χ0v) is 42.7. The topological polar surface area (TPSA) is 240 Å². The Labute approximate surface area is 425 Å². The number of halogens is 6. The molecule has 4 amide bonds. The zero-order valence-electron chi connectivity index (χ0n) is 41.1. The Bertz CT molecular complexity index is 2620. The number of piperazine rings is 2. The molecule has 0 unspecified atom stereocenters. The Morgan fingerprint density at radius 1 is 0.581 bits per heavy atom. The lowest BCUT2D eigenvalue weighted by Crippen LogP contribution is -2.48. The largest absolute Gasteiger partial charge is 0.417 e. The van der Waals surface area contributed by atoms with Gasteiger partial charge in [0.2, 0.25) is 23.6 Å². The summed E-state index contributed by atoms with van der Waals surface area (Å²) in [6.07, 6.45) is -10.2. The van der Waals surface area contributed by atoms with Crippen LogP contribution in [0.5, 0.6) is 0 Å². The van der Waals surface area contributed by atoms with Crippen molar-refractivity contribution >= 4 is 54.7 Å². The Kier molecular flexibility index (Phi) is 16.0. The number of methoxy groups -OCH3 is 2. The third kappa shape index (κ3) is 11.9. The standard InChI is InChI=1S/2C24H29F3N4O5S/c2*1-15(32)30-7-9-31(10-8-30)16-3-4-21(19(11-16)24(25,26)27)37(34,35)17-12-18(20(13-17)36-2)22(33)29-23(14-28)5-6-23/h2*3-4,11,17-18,20H,5-10,12-13H2,1-2H3,(H,29,33)/t2*17-,18-,20-/m10/s1. The summed E-state index contributed by atoms with van der Waals surface area (Å²) in [7, 11) is -6.32. The molecule has 74 heavy (non-hydrogen) atoms. The maximum Gasteiger partial charge on any atom is 0.417 e. The lowest BCUT2D eigenvalue weighted by molar-refractivity contribution is -0.140. The number of carbonyl (C=O) groups is 4. The summed E-state index contributed by atoms with van der Waals surface area (Å²) in [6, 6.07) is 10.4. The lowest BCUT2D eigenvalue weighted by atomic mass is 10.0. The molecule has 2 aromatic carbocycles. The number of amides is 4. The van der Waals surface area contributed by atoms with Gasteiger partial charge in [-0.05, 0) is 87.8 Å². The third-order valence-corrected chi connectivity index (χ3v) is 19.5. The first-order valence-corrected chi connectivity index (χ1v) is 27.1. The molecule has 0 aromatic heterocycles. The molecule has 2 saturated heterocycles. The third-order valence-electron chi connectivity index (χ3n) is 15.1. The van der Waals surface area contributed by atoms with E-state index in [1.54, 1.807) is 19.6 Å². The number of nitriles is 2. The molecular weight excluding hydrogens is 1030 g/mol. The fourth-order valence-electron chi connectivity index (χ4n) is 10.2. The van der Waals surface area contributed by atoms with E-state index in [0.717, 1.165) is 24.3 Å². The van der Waals surface area contributed by atoms with Gasteiger partial charge in [-0.25, -0.2) is 16.8 Å². The molecule has 4 saturated carbocycles. The summed E-state index contributed by atoms with van der Waals surface area (Å²) >= 11 is 0. The predicted molar refractivity (Wildman–Crippen MR) is 252 cm³/mol. The van der Waals surface area contributed by atoms with Crippen molar-refractivity contribution in [3.63, 3.8) is 0 Å². The molecule has 404 valence electrons. The van der Waals surface area contributed by atoms with Crippen LogP contribution < -0.4 is 20.4 Å². The van der Waals surface area contributed by atoms with Crippen molar-refractivity contribution in [1.29, 1.82) is 10.5 Å². The number of benzene rings is 2. The van der Waals surface area contributed by atoms with Gasteiger partial charge < -0.3 is 39.7 Å². The maximum atomic E-state index is 14.1. The SMILES string of the molecule is CO[C@@H]1C[C@H](S(=O)(=O)c2ccc(N3CCN(C(C)=O)CC3)cc2C(F)(F)F)C[C@H]1C(=O)NC1(C#N)CC1.CO[C@H]1C[C@@H](S(=O)(=O)c2ccc(N3CCN(C(C)=O)CC3)cc2C(F)(F)F)C[C@@H]1C(=O)NC1(C#N)CC1. The van der Waals surface area contributed by atoms with Crippen LogP contribution >= 0.6 is 0 Å². The zero-order chi connectivity index (χ0) is 54.3. The Hall–Kier alpha value is -5.70. The highest BCUT2D eigenvalue weighted by atomic mass is 32.2. The molecule has 6 fully saturated rings. The number of hydrogen-bond donors (Lipinski definition) is 2. The van der Waals surface area contributed by atoms with Crippen molar-refractivity contribution in [3.05, 3.63) is 47.5 Å². The summed E-state index contributed by atoms with van der Waals surface area (Å²) in [5.74, 6) is -3.09. The Morgan fingerprint density at radius 3 is 1.16 bits per heavy atom. The van der Waals surface area contributed by atoms with E-state index in [9.17, 15) is 72.9 Å². The van der Waals surface area contributed by atoms with Gasteiger partial charge >= 0.3 is 12.4 Å².